The number of benzene rings is 2. The monoisotopic (exact) mass is 363 g/mol. The molecule has 1 heterocycles. The third-order valence-electron chi connectivity index (χ3n) is 5.86. The second-order valence-electron chi connectivity index (χ2n) is 7.24. The van der Waals surface area contributed by atoms with Gasteiger partial charge in [-0.1, -0.05) is 48.5 Å². The molecule has 0 radical (unpaired) electrons. The molecule has 1 unspecified atom stereocenters. The highest BCUT2D eigenvalue weighted by Gasteiger charge is 2.47. The van der Waals surface area contributed by atoms with Crippen LogP contribution < -0.4 is 0 Å². The fourth-order valence-electron chi connectivity index (χ4n) is 4.65. The average molecular weight is 363 g/mol. The van der Waals surface area contributed by atoms with Gasteiger partial charge in [-0.25, -0.2) is 0 Å². The topological polar surface area (TPSA) is 67.0 Å². The van der Waals surface area contributed by atoms with E-state index in [0.717, 1.165) is 16.7 Å². The van der Waals surface area contributed by atoms with Crippen LogP contribution in [0.5, 0.6) is 0 Å². The summed E-state index contributed by atoms with van der Waals surface area (Å²) in [5.41, 5.74) is 5.02. The van der Waals surface area contributed by atoms with Gasteiger partial charge in [0.15, 0.2) is 17.3 Å². The molecule has 0 amide bonds. The Labute approximate surface area is 160 Å². The molecule has 1 atom stereocenters. The zero-order valence-electron chi connectivity index (χ0n) is 14.7. The Bertz CT molecular complexity index is 1320. The maximum atomic E-state index is 13.5. The summed E-state index contributed by atoms with van der Waals surface area (Å²) in [7, 11) is 0. The molecule has 0 aliphatic heterocycles. The van der Waals surface area contributed by atoms with Gasteiger partial charge in [-0.05, 0) is 23.3 Å². The molecule has 1 aromatic heterocycles. The molecule has 4 nitrogen and oxygen atoms in total. The molecule has 3 aliphatic carbocycles. The van der Waals surface area contributed by atoms with Crippen LogP contribution in [-0.4, -0.2) is 22.3 Å². The van der Waals surface area contributed by atoms with Crippen LogP contribution in [0.4, 0.5) is 0 Å². The number of carbonyl (C=O) groups excluding carboxylic acids is 3. The van der Waals surface area contributed by atoms with E-state index in [1.54, 1.807) is 36.5 Å². The Kier molecular flexibility index (Phi) is 2.80. The summed E-state index contributed by atoms with van der Waals surface area (Å²) in [6.07, 6.45) is 3.72. The molecule has 132 valence electrons. The van der Waals surface area contributed by atoms with E-state index in [0.29, 0.717) is 33.5 Å². The van der Waals surface area contributed by atoms with Crippen molar-refractivity contribution >= 4 is 34.6 Å². The Hall–Kier alpha value is -3.79. The number of fused-ring (bicyclic) bond motifs is 7. The Morgan fingerprint density at radius 2 is 1.39 bits per heavy atom. The van der Waals surface area contributed by atoms with Gasteiger partial charge in [0.1, 0.15) is 0 Å². The van der Waals surface area contributed by atoms with Crippen molar-refractivity contribution < 1.29 is 14.4 Å². The number of carbonyl (C=O) groups is 3. The van der Waals surface area contributed by atoms with Crippen molar-refractivity contribution in [1.82, 2.24) is 4.98 Å². The van der Waals surface area contributed by atoms with Crippen molar-refractivity contribution in [2.24, 2.45) is 5.92 Å². The van der Waals surface area contributed by atoms with E-state index in [9.17, 15) is 14.4 Å². The van der Waals surface area contributed by atoms with Crippen molar-refractivity contribution in [3.63, 3.8) is 0 Å². The molecule has 2 aromatic carbocycles. The maximum absolute atomic E-state index is 13.5. The Morgan fingerprint density at radius 1 is 0.714 bits per heavy atom. The minimum atomic E-state index is -0.752. The smallest absolute Gasteiger partial charge is 0.196 e. The van der Waals surface area contributed by atoms with E-state index in [2.05, 4.69) is 4.98 Å². The number of hydrogen-bond donors (Lipinski definition) is 1. The number of allylic oxidation sites excluding steroid dienone is 3. The van der Waals surface area contributed by atoms with Crippen molar-refractivity contribution in [3.8, 4) is 0 Å². The van der Waals surface area contributed by atoms with Gasteiger partial charge in [0.25, 0.3) is 0 Å². The van der Waals surface area contributed by atoms with E-state index in [1.807, 2.05) is 30.3 Å². The molecule has 28 heavy (non-hydrogen) atoms. The van der Waals surface area contributed by atoms with Crippen molar-refractivity contribution in [2.75, 3.05) is 0 Å². The SMILES string of the molecule is O=C1C2=C(C(=O)c3ccccc31)C1C(=O)c3ccccc3C=C1c1cc[nH]c12. The van der Waals surface area contributed by atoms with Crippen LogP contribution in [0, 0.1) is 5.92 Å². The van der Waals surface area contributed by atoms with Crippen molar-refractivity contribution in [2.45, 2.75) is 0 Å². The van der Waals surface area contributed by atoms with Crippen LogP contribution >= 0.6 is 0 Å². The van der Waals surface area contributed by atoms with E-state index >= 15 is 0 Å². The third kappa shape index (κ3) is 1.72. The molecule has 0 spiro atoms. The first kappa shape index (κ1) is 15.3. The molecule has 3 aliphatic rings. The predicted octanol–water partition coefficient (Wildman–Crippen LogP) is 4.21. The highest BCUT2D eigenvalue weighted by Crippen LogP contribution is 2.50. The fourth-order valence-corrected chi connectivity index (χ4v) is 4.65. The minimum Gasteiger partial charge on any atom is -0.361 e. The number of hydrogen-bond acceptors (Lipinski definition) is 3. The van der Waals surface area contributed by atoms with Crippen LogP contribution in [0.1, 0.15) is 47.9 Å². The minimum absolute atomic E-state index is 0.131. The van der Waals surface area contributed by atoms with Gasteiger partial charge in [-0.2, -0.15) is 0 Å². The highest BCUT2D eigenvalue weighted by molar-refractivity contribution is 6.44. The van der Waals surface area contributed by atoms with Gasteiger partial charge in [0.2, 0.25) is 0 Å². The standard InChI is InChI=1S/C24H13NO3/c26-22-13-6-2-1-5-12(13)11-17-14-9-10-25-21(14)20-19(18(17)22)23(27)15-7-3-4-8-16(15)24(20)28/h1-11,18,25H. The molecule has 3 aromatic rings. The maximum Gasteiger partial charge on any atom is 0.196 e. The summed E-state index contributed by atoms with van der Waals surface area (Å²) in [5.74, 6) is -1.33. The number of Topliss-reactive ketones (excluding diaryl/α,β-unsaturated/α-hetero) is 3. The largest absolute Gasteiger partial charge is 0.361 e. The highest BCUT2D eigenvalue weighted by atomic mass is 16.1. The summed E-state index contributed by atoms with van der Waals surface area (Å²) < 4.78 is 0. The third-order valence-corrected chi connectivity index (χ3v) is 5.86. The average Bonchev–Trinajstić information content (AvgIpc) is 3.21. The van der Waals surface area contributed by atoms with Gasteiger partial charge in [-0.3, -0.25) is 14.4 Å². The zero-order chi connectivity index (χ0) is 19.0. The molecule has 4 heteroatoms. The van der Waals surface area contributed by atoms with Crippen LogP contribution in [0.25, 0.3) is 17.2 Å². The molecule has 0 bridgehead atoms. The lowest BCUT2D eigenvalue weighted by atomic mass is 9.65. The summed E-state index contributed by atoms with van der Waals surface area (Å²) >= 11 is 0. The zero-order valence-corrected chi connectivity index (χ0v) is 14.7. The van der Waals surface area contributed by atoms with Crippen LogP contribution in [0.2, 0.25) is 0 Å². The Morgan fingerprint density at radius 3 is 2.18 bits per heavy atom. The van der Waals surface area contributed by atoms with E-state index in [1.165, 1.54) is 0 Å². The summed E-state index contributed by atoms with van der Waals surface area (Å²) in [5, 5.41) is 0. The molecule has 6 rings (SSSR count). The van der Waals surface area contributed by atoms with Gasteiger partial charge in [0.05, 0.1) is 17.2 Å². The molecule has 0 fully saturated rings. The van der Waals surface area contributed by atoms with E-state index < -0.39 is 5.92 Å². The second kappa shape index (κ2) is 5.14. The lowest BCUT2D eigenvalue weighted by Gasteiger charge is -2.34. The quantitative estimate of drug-likeness (QED) is 0.650. The van der Waals surface area contributed by atoms with E-state index in [-0.39, 0.29) is 17.3 Å². The number of aromatic nitrogens is 1. The fraction of sp³-hybridized carbons (Fsp3) is 0.0417. The first-order valence-corrected chi connectivity index (χ1v) is 9.12. The first-order valence-electron chi connectivity index (χ1n) is 9.12. The molecular formula is C24H13NO3. The normalized spacial score (nSPS) is 19.4. The van der Waals surface area contributed by atoms with Crippen LogP contribution in [0.15, 0.2) is 66.4 Å². The molecule has 0 saturated heterocycles. The first-order chi connectivity index (χ1) is 13.7. The number of ketones is 3. The lowest BCUT2D eigenvalue weighted by molar-refractivity contribution is 0.0924. The number of rotatable bonds is 0. The Balaban J connectivity index is 1.71. The van der Waals surface area contributed by atoms with E-state index in [4.69, 9.17) is 0 Å². The number of aromatic amines is 1. The number of H-pyrrole nitrogens is 1. The molecule has 1 N–H and O–H groups in total. The predicted molar refractivity (Wildman–Crippen MR) is 105 cm³/mol. The number of nitrogens with one attached hydrogen (secondary N) is 1. The lowest BCUT2D eigenvalue weighted by Crippen LogP contribution is -2.34. The summed E-state index contributed by atoms with van der Waals surface area (Å²) in [6.45, 7) is 0. The van der Waals surface area contributed by atoms with Crippen LogP contribution in [0.3, 0.4) is 0 Å². The van der Waals surface area contributed by atoms with Gasteiger partial charge in [-0.15, -0.1) is 0 Å². The molecular weight excluding hydrogens is 350 g/mol. The van der Waals surface area contributed by atoms with Gasteiger partial charge in [0, 0.05) is 34.0 Å². The summed E-state index contributed by atoms with van der Waals surface area (Å²) in [6, 6.07) is 16.1. The van der Waals surface area contributed by atoms with Gasteiger partial charge < -0.3 is 4.98 Å². The van der Waals surface area contributed by atoms with Gasteiger partial charge >= 0.3 is 0 Å². The molecule has 0 saturated carbocycles. The van der Waals surface area contributed by atoms with Crippen molar-refractivity contribution in [3.05, 3.63) is 99.9 Å². The second-order valence-corrected chi connectivity index (χ2v) is 7.24. The summed E-state index contributed by atoms with van der Waals surface area (Å²) in [4.78, 5) is 43.3. The van der Waals surface area contributed by atoms with Crippen molar-refractivity contribution in [1.29, 1.82) is 0 Å². The van der Waals surface area contributed by atoms with Crippen LogP contribution in [-0.2, 0) is 0 Å².